The molecule has 1 heterocycles. The van der Waals surface area contributed by atoms with Crippen molar-refractivity contribution in [1.29, 1.82) is 0 Å². The number of nitrogens with zero attached hydrogens (tertiary/aromatic N) is 1. The van der Waals surface area contributed by atoms with Gasteiger partial charge in [0.1, 0.15) is 18.1 Å². The van der Waals surface area contributed by atoms with Crippen molar-refractivity contribution in [3.8, 4) is 18.1 Å². The Hall–Kier alpha value is -2.26. The van der Waals surface area contributed by atoms with Crippen molar-refractivity contribution in [1.82, 2.24) is 10.3 Å². The molecule has 1 amide bonds. The highest BCUT2D eigenvalue weighted by Crippen LogP contribution is 2.17. The number of methoxy groups -OCH3 is 1. The second-order valence-electron chi connectivity index (χ2n) is 3.31. The van der Waals surface area contributed by atoms with Gasteiger partial charge in [0.25, 0.3) is 0 Å². The average molecular weight is 250 g/mol. The molecule has 6 heteroatoms. The molecule has 1 aromatic rings. The predicted octanol–water partition coefficient (Wildman–Crippen LogP) is 0.856. The number of nitrogens with one attached hydrogen (secondary N) is 1. The monoisotopic (exact) mass is 250 g/mol. The van der Waals surface area contributed by atoms with E-state index in [1.54, 1.807) is 13.2 Å². The first kappa shape index (κ1) is 13.8. The summed E-state index contributed by atoms with van der Waals surface area (Å²) in [6, 6.07) is 1.64. The van der Waals surface area contributed by atoms with E-state index in [-0.39, 0.29) is 6.54 Å². The molecule has 0 spiro atoms. The summed E-state index contributed by atoms with van der Waals surface area (Å²) >= 11 is 0. The van der Waals surface area contributed by atoms with Crippen LogP contribution in [-0.4, -0.2) is 36.5 Å². The van der Waals surface area contributed by atoms with Gasteiger partial charge in [0, 0.05) is 18.9 Å². The van der Waals surface area contributed by atoms with Crippen LogP contribution < -0.4 is 10.1 Å². The van der Waals surface area contributed by atoms with Crippen molar-refractivity contribution >= 4 is 6.09 Å². The summed E-state index contributed by atoms with van der Waals surface area (Å²) in [6.45, 7) is 0.820. The van der Waals surface area contributed by atoms with E-state index in [4.69, 9.17) is 21.0 Å². The normalized spacial score (nSPS) is 9.56. The number of hydrogen-bond acceptors (Lipinski definition) is 4. The lowest BCUT2D eigenvalue weighted by molar-refractivity contribution is 0.145. The Morgan fingerprint density at radius 2 is 2.39 bits per heavy atom. The third kappa shape index (κ3) is 4.31. The molecule has 0 fully saturated rings. The molecule has 6 nitrogen and oxygen atoms in total. The van der Waals surface area contributed by atoms with Crippen molar-refractivity contribution in [3.63, 3.8) is 0 Å². The summed E-state index contributed by atoms with van der Waals surface area (Å²) in [5.74, 6) is 2.89. The van der Waals surface area contributed by atoms with Gasteiger partial charge in [-0.05, 0) is 6.07 Å². The highest BCUT2D eigenvalue weighted by Gasteiger charge is 2.08. The van der Waals surface area contributed by atoms with Gasteiger partial charge in [-0.15, -0.1) is 6.42 Å². The molecular formula is C12H14N2O4. The molecule has 0 radical (unpaired) electrons. The van der Waals surface area contributed by atoms with Gasteiger partial charge in [-0.2, -0.15) is 0 Å². The summed E-state index contributed by atoms with van der Waals surface area (Å²) in [5, 5.41) is 10.8. The van der Waals surface area contributed by atoms with E-state index < -0.39 is 6.09 Å². The minimum absolute atomic E-state index is 0.0580. The van der Waals surface area contributed by atoms with Crippen LogP contribution >= 0.6 is 0 Å². The molecular weight excluding hydrogens is 236 g/mol. The molecule has 0 saturated carbocycles. The molecule has 0 aliphatic carbocycles. The van der Waals surface area contributed by atoms with Gasteiger partial charge in [0.15, 0.2) is 0 Å². The molecule has 2 N–H and O–H groups in total. The average Bonchev–Trinajstić information content (AvgIpc) is 2.37. The largest absolute Gasteiger partial charge is 0.489 e. The maximum absolute atomic E-state index is 10.4. The molecule has 18 heavy (non-hydrogen) atoms. The van der Waals surface area contributed by atoms with Crippen LogP contribution in [0.25, 0.3) is 0 Å². The van der Waals surface area contributed by atoms with Crippen molar-refractivity contribution in [3.05, 3.63) is 23.5 Å². The zero-order valence-corrected chi connectivity index (χ0v) is 9.97. The van der Waals surface area contributed by atoms with Gasteiger partial charge in [0.2, 0.25) is 0 Å². The zero-order chi connectivity index (χ0) is 13.4. The van der Waals surface area contributed by atoms with Gasteiger partial charge in [-0.25, -0.2) is 4.79 Å². The second-order valence-corrected chi connectivity index (χ2v) is 3.31. The Balaban J connectivity index is 2.79. The summed E-state index contributed by atoms with van der Waals surface area (Å²) in [6.07, 6.45) is 5.63. The maximum Gasteiger partial charge on any atom is 0.404 e. The second kappa shape index (κ2) is 7.14. The lowest BCUT2D eigenvalue weighted by Gasteiger charge is -2.10. The van der Waals surface area contributed by atoms with Crippen LogP contribution in [0.4, 0.5) is 4.79 Å². The number of hydrogen-bond donors (Lipinski definition) is 2. The molecule has 0 saturated heterocycles. The Morgan fingerprint density at radius 3 is 3.00 bits per heavy atom. The van der Waals surface area contributed by atoms with E-state index in [0.717, 1.165) is 0 Å². The topological polar surface area (TPSA) is 80.7 Å². The molecule has 0 aliphatic heterocycles. The van der Waals surface area contributed by atoms with Crippen LogP contribution in [0.5, 0.6) is 5.75 Å². The number of carboxylic acid groups (broad SMARTS) is 1. The van der Waals surface area contributed by atoms with Gasteiger partial charge in [-0.1, -0.05) is 5.92 Å². The fraction of sp³-hybridized carbons (Fsp3) is 0.333. The lowest BCUT2D eigenvalue weighted by Crippen LogP contribution is -2.21. The van der Waals surface area contributed by atoms with E-state index in [9.17, 15) is 4.79 Å². The molecule has 0 bridgehead atoms. The maximum atomic E-state index is 10.4. The van der Waals surface area contributed by atoms with Crippen LogP contribution in [0.3, 0.4) is 0 Å². The molecule has 0 aliphatic rings. The van der Waals surface area contributed by atoms with Gasteiger partial charge >= 0.3 is 6.09 Å². The Labute approximate surface area is 105 Å². The fourth-order valence-electron chi connectivity index (χ4n) is 1.20. The number of carbonyl (C=O) groups is 1. The number of rotatable bonds is 6. The summed E-state index contributed by atoms with van der Waals surface area (Å²) in [4.78, 5) is 14.5. The van der Waals surface area contributed by atoms with Crippen molar-refractivity contribution in [2.45, 2.75) is 6.54 Å². The Kier molecular flexibility index (Phi) is 5.48. The third-order valence-corrected chi connectivity index (χ3v) is 2.05. The quantitative estimate of drug-likeness (QED) is 0.578. The fourth-order valence-corrected chi connectivity index (χ4v) is 1.20. The minimum Gasteiger partial charge on any atom is -0.489 e. The lowest BCUT2D eigenvalue weighted by atomic mass is 10.2. The van der Waals surface area contributed by atoms with Gasteiger partial charge in [0.05, 0.1) is 13.2 Å². The molecule has 0 atom stereocenters. The number of amides is 1. The van der Waals surface area contributed by atoms with Crippen LogP contribution in [0.1, 0.15) is 11.3 Å². The van der Waals surface area contributed by atoms with Crippen LogP contribution in [-0.2, 0) is 11.3 Å². The summed E-state index contributed by atoms with van der Waals surface area (Å²) in [7, 11) is 1.56. The molecule has 1 rings (SSSR count). The Morgan fingerprint density at radius 1 is 1.61 bits per heavy atom. The van der Waals surface area contributed by atoms with Crippen LogP contribution in [0, 0.1) is 12.3 Å². The Bertz CT molecular complexity index is 454. The number of aromatic nitrogens is 1. The highest BCUT2D eigenvalue weighted by molar-refractivity contribution is 5.64. The van der Waals surface area contributed by atoms with Crippen LogP contribution in [0.15, 0.2) is 12.3 Å². The van der Waals surface area contributed by atoms with E-state index >= 15 is 0 Å². The molecule has 0 unspecified atom stereocenters. The van der Waals surface area contributed by atoms with Gasteiger partial charge < -0.3 is 19.9 Å². The standard InChI is InChI=1S/C12H14N2O4/c1-3-9-6-11(18-5-4-17-2)10(13-7-9)8-14-12(15)16/h1,6-7,14H,4-5,8H2,2H3,(H,15,16). The molecule has 96 valence electrons. The predicted molar refractivity (Wildman–Crippen MR) is 64.4 cm³/mol. The minimum atomic E-state index is -1.12. The third-order valence-electron chi connectivity index (χ3n) is 2.05. The first-order chi connectivity index (χ1) is 8.67. The van der Waals surface area contributed by atoms with E-state index in [0.29, 0.717) is 30.2 Å². The molecule has 0 aromatic carbocycles. The number of pyridine rings is 1. The van der Waals surface area contributed by atoms with E-state index in [2.05, 4.69) is 16.2 Å². The SMILES string of the molecule is C#Cc1cnc(CNC(=O)O)c(OCCOC)c1. The van der Waals surface area contributed by atoms with E-state index in [1.165, 1.54) is 6.20 Å². The first-order valence-corrected chi connectivity index (χ1v) is 5.21. The van der Waals surface area contributed by atoms with Crippen molar-refractivity contribution in [2.24, 2.45) is 0 Å². The smallest absolute Gasteiger partial charge is 0.404 e. The number of terminal acetylenes is 1. The van der Waals surface area contributed by atoms with E-state index in [1.807, 2.05) is 0 Å². The molecule has 1 aromatic heterocycles. The van der Waals surface area contributed by atoms with Crippen molar-refractivity contribution in [2.75, 3.05) is 20.3 Å². The number of ether oxygens (including phenoxy) is 2. The van der Waals surface area contributed by atoms with Crippen molar-refractivity contribution < 1.29 is 19.4 Å². The first-order valence-electron chi connectivity index (χ1n) is 5.21. The zero-order valence-electron chi connectivity index (χ0n) is 9.97. The summed E-state index contributed by atoms with van der Waals surface area (Å²) in [5.41, 5.74) is 1.05. The summed E-state index contributed by atoms with van der Waals surface area (Å²) < 4.78 is 10.3. The highest BCUT2D eigenvalue weighted by atomic mass is 16.5. The van der Waals surface area contributed by atoms with Gasteiger partial charge in [-0.3, -0.25) is 4.98 Å². The van der Waals surface area contributed by atoms with Crippen LogP contribution in [0.2, 0.25) is 0 Å².